The lowest BCUT2D eigenvalue weighted by Gasteiger charge is -2.08. The zero-order chi connectivity index (χ0) is 14.8. The molecule has 0 radical (unpaired) electrons. The Hall–Kier alpha value is -1.66. The van der Waals surface area contributed by atoms with E-state index in [2.05, 4.69) is 10.3 Å². The Kier molecular flexibility index (Phi) is 4.07. The van der Waals surface area contributed by atoms with Gasteiger partial charge in [0.2, 0.25) is 0 Å². The minimum Gasteiger partial charge on any atom is -0.378 e. The predicted molar refractivity (Wildman–Crippen MR) is 85.1 cm³/mol. The van der Waals surface area contributed by atoms with Crippen molar-refractivity contribution in [1.82, 2.24) is 4.98 Å². The lowest BCUT2D eigenvalue weighted by atomic mass is 10.3. The molecule has 0 unspecified atom stereocenters. The predicted octanol–water partition coefficient (Wildman–Crippen LogP) is 4.91. The van der Waals surface area contributed by atoms with Gasteiger partial charge in [0.15, 0.2) is 11.6 Å². The molecule has 21 heavy (non-hydrogen) atoms. The van der Waals surface area contributed by atoms with Gasteiger partial charge in [-0.15, -0.1) is 23.1 Å². The number of aromatic nitrogens is 1. The van der Waals surface area contributed by atoms with Gasteiger partial charge >= 0.3 is 0 Å². The molecule has 1 aromatic heterocycles. The van der Waals surface area contributed by atoms with Gasteiger partial charge in [0, 0.05) is 10.6 Å². The van der Waals surface area contributed by atoms with E-state index < -0.39 is 11.6 Å². The van der Waals surface area contributed by atoms with Crippen molar-refractivity contribution in [2.45, 2.75) is 11.4 Å². The minimum absolute atomic E-state index is 0.106. The van der Waals surface area contributed by atoms with Gasteiger partial charge in [-0.05, 0) is 30.5 Å². The third-order valence-electron chi connectivity index (χ3n) is 3.03. The summed E-state index contributed by atoms with van der Waals surface area (Å²) in [4.78, 5) is 5.31. The van der Waals surface area contributed by atoms with Crippen molar-refractivity contribution in [3.63, 3.8) is 0 Å². The molecule has 3 aromatic rings. The van der Waals surface area contributed by atoms with E-state index in [0.717, 1.165) is 21.7 Å². The average Bonchev–Trinajstić information content (AvgIpc) is 2.93. The molecular formula is C15H12F2N2S2. The van der Waals surface area contributed by atoms with Gasteiger partial charge in [0.05, 0.1) is 11.2 Å². The molecule has 0 bridgehead atoms. The molecule has 0 fully saturated rings. The summed E-state index contributed by atoms with van der Waals surface area (Å²) >= 11 is 3.02. The van der Waals surface area contributed by atoms with E-state index in [0.29, 0.717) is 11.2 Å². The van der Waals surface area contributed by atoms with Crippen LogP contribution in [0.1, 0.15) is 5.01 Å². The normalized spacial score (nSPS) is 11.0. The van der Waals surface area contributed by atoms with E-state index in [1.807, 2.05) is 30.5 Å². The van der Waals surface area contributed by atoms with E-state index in [1.54, 1.807) is 17.8 Å². The first kappa shape index (κ1) is 14.3. The number of para-hydroxylation sites is 1. The van der Waals surface area contributed by atoms with Crippen LogP contribution < -0.4 is 5.32 Å². The van der Waals surface area contributed by atoms with Crippen molar-refractivity contribution in [3.8, 4) is 0 Å². The van der Waals surface area contributed by atoms with Crippen LogP contribution in [-0.2, 0) is 6.54 Å². The molecule has 108 valence electrons. The number of thioether (sulfide) groups is 1. The number of fused-ring (bicyclic) bond motifs is 1. The molecule has 0 aliphatic carbocycles. The molecule has 0 saturated heterocycles. The maximum Gasteiger partial charge on any atom is 0.185 e. The zero-order valence-electron chi connectivity index (χ0n) is 11.2. The molecule has 3 rings (SSSR count). The third-order valence-corrected chi connectivity index (χ3v) is 4.85. The first-order chi connectivity index (χ1) is 10.2. The lowest BCUT2D eigenvalue weighted by Crippen LogP contribution is -1.99. The summed E-state index contributed by atoms with van der Waals surface area (Å²) in [6.07, 6.45) is 2.01. The maximum atomic E-state index is 13.6. The number of hydrogen-bond donors (Lipinski definition) is 1. The quantitative estimate of drug-likeness (QED) is 0.691. The first-order valence-electron chi connectivity index (χ1n) is 6.29. The SMILES string of the molecule is CSc1ccccc1NCc1nc2c(F)c(F)ccc2s1. The van der Waals surface area contributed by atoms with Crippen LogP contribution in [-0.4, -0.2) is 11.2 Å². The third kappa shape index (κ3) is 2.87. The van der Waals surface area contributed by atoms with E-state index in [1.165, 1.54) is 11.3 Å². The van der Waals surface area contributed by atoms with Crippen molar-refractivity contribution in [2.75, 3.05) is 11.6 Å². The Morgan fingerprint density at radius 1 is 1.19 bits per heavy atom. The highest BCUT2D eigenvalue weighted by Gasteiger charge is 2.12. The number of anilines is 1. The average molecular weight is 322 g/mol. The largest absolute Gasteiger partial charge is 0.378 e. The van der Waals surface area contributed by atoms with Crippen LogP contribution in [0.15, 0.2) is 41.3 Å². The summed E-state index contributed by atoms with van der Waals surface area (Å²) in [5.41, 5.74) is 1.12. The molecule has 0 aliphatic heterocycles. The van der Waals surface area contributed by atoms with E-state index in [-0.39, 0.29) is 5.52 Å². The summed E-state index contributed by atoms with van der Waals surface area (Å²) in [5.74, 6) is -1.74. The van der Waals surface area contributed by atoms with Gasteiger partial charge in [-0.2, -0.15) is 0 Å². The van der Waals surface area contributed by atoms with Gasteiger partial charge in [-0.1, -0.05) is 12.1 Å². The zero-order valence-corrected chi connectivity index (χ0v) is 12.8. The Labute approximate surface area is 129 Å². The summed E-state index contributed by atoms with van der Waals surface area (Å²) < 4.78 is 27.5. The second kappa shape index (κ2) is 5.99. The smallest absolute Gasteiger partial charge is 0.185 e. The van der Waals surface area contributed by atoms with E-state index >= 15 is 0 Å². The fourth-order valence-corrected chi connectivity index (χ4v) is 3.50. The van der Waals surface area contributed by atoms with Crippen LogP contribution in [0.25, 0.3) is 10.2 Å². The van der Waals surface area contributed by atoms with Crippen molar-refractivity contribution in [3.05, 3.63) is 53.0 Å². The topological polar surface area (TPSA) is 24.9 Å². The fourth-order valence-electron chi connectivity index (χ4n) is 2.02. The summed E-state index contributed by atoms with van der Waals surface area (Å²) in [6.45, 7) is 0.484. The fraction of sp³-hybridized carbons (Fsp3) is 0.133. The molecule has 0 amide bonds. The lowest BCUT2D eigenvalue weighted by molar-refractivity contribution is 0.515. The Balaban J connectivity index is 1.84. The molecule has 0 aliphatic rings. The monoisotopic (exact) mass is 322 g/mol. The second-order valence-corrected chi connectivity index (χ2v) is 6.33. The Morgan fingerprint density at radius 3 is 2.81 bits per heavy atom. The molecule has 6 heteroatoms. The van der Waals surface area contributed by atoms with Crippen LogP contribution in [0.2, 0.25) is 0 Å². The molecule has 1 heterocycles. The van der Waals surface area contributed by atoms with Crippen LogP contribution in [0.3, 0.4) is 0 Å². The van der Waals surface area contributed by atoms with Crippen molar-refractivity contribution >= 4 is 39.0 Å². The number of benzene rings is 2. The minimum atomic E-state index is -0.875. The van der Waals surface area contributed by atoms with Crippen molar-refractivity contribution in [1.29, 1.82) is 0 Å². The molecule has 1 N–H and O–H groups in total. The summed E-state index contributed by atoms with van der Waals surface area (Å²) in [7, 11) is 0. The van der Waals surface area contributed by atoms with Gasteiger partial charge in [-0.3, -0.25) is 0 Å². The molecule has 2 aromatic carbocycles. The molecule has 0 spiro atoms. The number of hydrogen-bond acceptors (Lipinski definition) is 4. The molecular weight excluding hydrogens is 310 g/mol. The number of nitrogens with zero attached hydrogens (tertiary/aromatic N) is 1. The van der Waals surface area contributed by atoms with Gasteiger partial charge in [-0.25, -0.2) is 13.8 Å². The number of thiazole rings is 1. The van der Waals surface area contributed by atoms with Crippen LogP contribution in [0, 0.1) is 11.6 Å². The van der Waals surface area contributed by atoms with Gasteiger partial charge in [0.1, 0.15) is 10.5 Å². The maximum absolute atomic E-state index is 13.6. The van der Waals surface area contributed by atoms with E-state index in [9.17, 15) is 8.78 Å². The van der Waals surface area contributed by atoms with Crippen LogP contribution in [0.5, 0.6) is 0 Å². The second-order valence-electron chi connectivity index (χ2n) is 4.37. The summed E-state index contributed by atoms with van der Waals surface area (Å²) in [5, 5.41) is 4.01. The van der Waals surface area contributed by atoms with Crippen molar-refractivity contribution in [2.24, 2.45) is 0 Å². The van der Waals surface area contributed by atoms with Gasteiger partial charge in [0.25, 0.3) is 0 Å². The molecule has 0 saturated carbocycles. The first-order valence-corrected chi connectivity index (χ1v) is 8.33. The number of halogens is 2. The highest BCUT2D eigenvalue weighted by Crippen LogP contribution is 2.28. The highest BCUT2D eigenvalue weighted by atomic mass is 32.2. The van der Waals surface area contributed by atoms with Crippen LogP contribution >= 0.6 is 23.1 Å². The Morgan fingerprint density at radius 2 is 2.00 bits per heavy atom. The van der Waals surface area contributed by atoms with E-state index in [4.69, 9.17) is 0 Å². The Bertz CT molecular complexity index is 786. The molecule has 0 atom stereocenters. The molecule has 2 nitrogen and oxygen atoms in total. The van der Waals surface area contributed by atoms with Crippen molar-refractivity contribution < 1.29 is 8.78 Å². The highest BCUT2D eigenvalue weighted by molar-refractivity contribution is 7.98. The van der Waals surface area contributed by atoms with Crippen LogP contribution in [0.4, 0.5) is 14.5 Å². The standard InChI is InChI=1S/C15H12F2N2S2/c1-20-11-5-3-2-4-10(11)18-8-13-19-15-12(21-13)7-6-9(16)14(15)17/h2-7,18H,8H2,1H3. The van der Waals surface area contributed by atoms with Gasteiger partial charge < -0.3 is 5.32 Å². The number of nitrogens with one attached hydrogen (secondary N) is 1. The number of rotatable bonds is 4. The summed E-state index contributed by atoms with van der Waals surface area (Å²) in [6, 6.07) is 10.6.